The molecule has 1 aliphatic heterocycles. The van der Waals surface area contributed by atoms with Gasteiger partial charge in [-0.05, 0) is 19.8 Å². The third kappa shape index (κ3) is 5.34. The Labute approximate surface area is 170 Å². The number of alkyl halides is 3. The highest BCUT2D eigenvalue weighted by molar-refractivity contribution is 7.88. The minimum absolute atomic E-state index is 0.0733. The van der Waals surface area contributed by atoms with Crippen molar-refractivity contribution in [2.75, 3.05) is 36.5 Å². The van der Waals surface area contributed by atoms with E-state index in [1.165, 1.54) is 10.5 Å². The molecule has 0 radical (unpaired) electrons. The van der Waals surface area contributed by atoms with E-state index in [9.17, 15) is 21.6 Å². The molecule has 0 aromatic carbocycles. The first-order chi connectivity index (χ1) is 13.6. The van der Waals surface area contributed by atoms with Gasteiger partial charge < -0.3 is 10.6 Å². The van der Waals surface area contributed by atoms with Gasteiger partial charge in [-0.1, -0.05) is 11.3 Å². The summed E-state index contributed by atoms with van der Waals surface area (Å²) in [4.78, 5) is 12.3. The number of nitrogens with zero attached hydrogens (tertiary/aromatic N) is 4. The first-order valence-electron chi connectivity index (χ1n) is 8.94. The van der Waals surface area contributed by atoms with E-state index in [0.29, 0.717) is 37.6 Å². The molecule has 0 spiro atoms. The Morgan fingerprint density at radius 2 is 1.93 bits per heavy atom. The largest absolute Gasteiger partial charge is 0.420 e. The SMILES string of the molecule is CCNc1ncc(-c2nc(NC3CCN(S(C)(=O)=O)CC3)ncc2C(F)(F)F)s1. The lowest BCUT2D eigenvalue weighted by Crippen LogP contribution is -2.42. The molecule has 0 amide bonds. The molecule has 0 saturated carbocycles. The number of aromatic nitrogens is 3. The summed E-state index contributed by atoms with van der Waals surface area (Å²) in [7, 11) is -3.25. The third-order valence-corrected chi connectivity index (χ3v) is 6.68. The van der Waals surface area contributed by atoms with Crippen molar-refractivity contribution in [1.29, 1.82) is 0 Å². The highest BCUT2D eigenvalue weighted by Gasteiger charge is 2.36. The van der Waals surface area contributed by atoms with E-state index in [0.717, 1.165) is 23.8 Å². The summed E-state index contributed by atoms with van der Waals surface area (Å²) in [6, 6.07) is -0.128. The fraction of sp³-hybridized carbons (Fsp3) is 0.562. The summed E-state index contributed by atoms with van der Waals surface area (Å²) in [6.45, 7) is 3.14. The average Bonchev–Trinajstić information content (AvgIpc) is 3.09. The number of sulfonamides is 1. The van der Waals surface area contributed by atoms with Crippen LogP contribution >= 0.6 is 11.3 Å². The third-order valence-electron chi connectivity index (χ3n) is 4.42. The van der Waals surface area contributed by atoms with E-state index in [4.69, 9.17) is 0 Å². The van der Waals surface area contributed by atoms with Gasteiger partial charge in [0.1, 0.15) is 5.56 Å². The first-order valence-corrected chi connectivity index (χ1v) is 11.6. The van der Waals surface area contributed by atoms with E-state index >= 15 is 0 Å². The van der Waals surface area contributed by atoms with Gasteiger partial charge in [0.2, 0.25) is 16.0 Å². The molecule has 2 N–H and O–H groups in total. The van der Waals surface area contributed by atoms with E-state index in [1.54, 1.807) is 0 Å². The van der Waals surface area contributed by atoms with Crippen LogP contribution in [0.5, 0.6) is 0 Å². The summed E-state index contributed by atoms with van der Waals surface area (Å²) in [5.41, 5.74) is -1.16. The van der Waals surface area contributed by atoms with Crippen molar-refractivity contribution in [1.82, 2.24) is 19.3 Å². The van der Waals surface area contributed by atoms with Crippen LogP contribution in [-0.4, -0.2) is 59.6 Å². The molecule has 160 valence electrons. The maximum absolute atomic E-state index is 13.4. The van der Waals surface area contributed by atoms with Crippen LogP contribution in [0.3, 0.4) is 0 Å². The van der Waals surface area contributed by atoms with Crippen LogP contribution in [0.25, 0.3) is 10.6 Å². The Bertz CT molecular complexity index is 956. The fourth-order valence-corrected chi connectivity index (χ4v) is 4.74. The van der Waals surface area contributed by atoms with Crippen molar-refractivity contribution >= 4 is 32.4 Å². The smallest absolute Gasteiger partial charge is 0.362 e. The van der Waals surface area contributed by atoms with Gasteiger partial charge >= 0.3 is 6.18 Å². The van der Waals surface area contributed by atoms with Crippen LogP contribution in [0.2, 0.25) is 0 Å². The summed E-state index contributed by atoms with van der Waals surface area (Å²) in [6.07, 6.45) is -0.298. The molecule has 3 heterocycles. The van der Waals surface area contributed by atoms with Crippen molar-refractivity contribution in [2.45, 2.75) is 32.0 Å². The van der Waals surface area contributed by atoms with Crippen molar-refractivity contribution < 1.29 is 21.6 Å². The lowest BCUT2D eigenvalue weighted by Gasteiger charge is -2.30. The molecule has 8 nitrogen and oxygen atoms in total. The van der Waals surface area contributed by atoms with Crippen LogP contribution in [0.4, 0.5) is 24.3 Å². The van der Waals surface area contributed by atoms with Crippen LogP contribution in [0, 0.1) is 0 Å². The molecule has 1 saturated heterocycles. The zero-order chi connectivity index (χ0) is 21.2. The van der Waals surface area contributed by atoms with Gasteiger partial charge in [0, 0.05) is 38.1 Å². The molecule has 13 heteroatoms. The predicted molar refractivity (Wildman–Crippen MR) is 105 cm³/mol. The maximum atomic E-state index is 13.4. The molecule has 0 bridgehead atoms. The van der Waals surface area contributed by atoms with Crippen LogP contribution in [0.1, 0.15) is 25.3 Å². The van der Waals surface area contributed by atoms with E-state index in [2.05, 4.69) is 25.6 Å². The second kappa shape index (κ2) is 8.40. The highest BCUT2D eigenvalue weighted by Crippen LogP contribution is 2.38. The standard InChI is InChI=1S/C16H21F3N6O2S2/c1-3-20-15-22-9-12(28-15)13-11(16(17,18)19)8-21-14(24-13)23-10-4-6-25(7-5-10)29(2,26)27/h8-10H,3-7H2,1-2H3,(H,20,22)(H,21,23,24). The summed E-state index contributed by atoms with van der Waals surface area (Å²) >= 11 is 1.08. The zero-order valence-electron chi connectivity index (χ0n) is 15.8. The molecule has 29 heavy (non-hydrogen) atoms. The molecular weight excluding hydrogens is 429 g/mol. The number of hydrogen-bond donors (Lipinski definition) is 2. The van der Waals surface area contributed by atoms with Gasteiger partial charge in [-0.25, -0.2) is 27.7 Å². The van der Waals surface area contributed by atoms with Crippen LogP contribution in [-0.2, 0) is 16.2 Å². The number of halogens is 3. The van der Waals surface area contributed by atoms with E-state index in [-0.39, 0.29) is 22.6 Å². The number of hydrogen-bond acceptors (Lipinski definition) is 8. The topological polar surface area (TPSA) is 100 Å². The van der Waals surface area contributed by atoms with E-state index in [1.807, 2.05) is 6.92 Å². The molecule has 1 fully saturated rings. The van der Waals surface area contributed by atoms with Crippen molar-refractivity contribution in [3.63, 3.8) is 0 Å². The van der Waals surface area contributed by atoms with Gasteiger partial charge in [0.05, 0.1) is 16.8 Å². The lowest BCUT2D eigenvalue weighted by molar-refractivity contribution is -0.137. The molecule has 0 atom stereocenters. The van der Waals surface area contributed by atoms with E-state index < -0.39 is 21.8 Å². The second-order valence-electron chi connectivity index (χ2n) is 6.59. The second-order valence-corrected chi connectivity index (χ2v) is 9.61. The van der Waals surface area contributed by atoms with Crippen LogP contribution < -0.4 is 10.6 Å². The minimum Gasteiger partial charge on any atom is -0.362 e. The van der Waals surface area contributed by atoms with Crippen molar-refractivity contribution in [3.05, 3.63) is 18.0 Å². The number of rotatable bonds is 6. The lowest BCUT2D eigenvalue weighted by atomic mass is 10.1. The molecule has 0 unspecified atom stereocenters. The Hall–Kier alpha value is -1.99. The van der Waals surface area contributed by atoms with Gasteiger partial charge in [0.15, 0.2) is 5.13 Å². The Morgan fingerprint density at radius 3 is 2.52 bits per heavy atom. The van der Waals surface area contributed by atoms with Gasteiger partial charge in [-0.3, -0.25) is 0 Å². The molecular formula is C16H21F3N6O2S2. The molecule has 3 rings (SSSR count). The minimum atomic E-state index is -4.60. The number of anilines is 2. The summed E-state index contributed by atoms with van der Waals surface area (Å²) in [5, 5.41) is 6.51. The highest BCUT2D eigenvalue weighted by atomic mass is 32.2. The quantitative estimate of drug-likeness (QED) is 0.698. The first kappa shape index (κ1) is 21.7. The maximum Gasteiger partial charge on any atom is 0.420 e. The molecule has 2 aromatic heterocycles. The molecule has 1 aliphatic rings. The number of nitrogens with one attached hydrogen (secondary N) is 2. The predicted octanol–water partition coefficient (Wildman–Crippen LogP) is 2.89. The number of piperidine rings is 1. The fourth-order valence-electron chi connectivity index (χ4n) is 2.98. The monoisotopic (exact) mass is 450 g/mol. The van der Waals surface area contributed by atoms with Gasteiger partial charge in [0.25, 0.3) is 0 Å². The molecule has 0 aliphatic carbocycles. The Balaban J connectivity index is 1.82. The Morgan fingerprint density at radius 1 is 1.24 bits per heavy atom. The van der Waals surface area contributed by atoms with Crippen LogP contribution in [0.15, 0.2) is 12.4 Å². The normalized spacial score (nSPS) is 16.7. The zero-order valence-corrected chi connectivity index (χ0v) is 17.5. The average molecular weight is 451 g/mol. The summed E-state index contributed by atoms with van der Waals surface area (Å²) < 4.78 is 64.9. The number of thiazole rings is 1. The Kier molecular flexibility index (Phi) is 6.29. The van der Waals surface area contributed by atoms with Gasteiger partial charge in [-0.15, -0.1) is 0 Å². The van der Waals surface area contributed by atoms with Crippen molar-refractivity contribution in [3.8, 4) is 10.6 Å². The molecule has 2 aromatic rings. The van der Waals surface area contributed by atoms with Crippen molar-refractivity contribution in [2.24, 2.45) is 0 Å². The van der Waals surface area contributed by atoms with Gasteiger partial charge in [-0.2, -0.15) is 13.2 Å². The summed E-state index contributed by atoms with van der Waals surface area (Å²) in [5.74, 6) is 0.0733.